The number of rotatable bonds is 6. The molecule has 0 saturated carbocycles. The minimum absolute atomic E-state index is 0.368. The molecule has 0 spiro atoms. The van der Waals surface area contributed by atoms with Crippen LogP contribution < -0.4 is 10.5 Å². The van der Waals surface area contributed by atoms with E-state index in [9.17, 15) is 4.79 Å². The first-order valence-electron chi connectivity index (χ1n) is 11.1. The molecular weight excluding hydrogens is 428 g/mol. The van der Waals surface area contributed by atoms with Crippen LogP contribution in [0.5, 0.6) is 0 Å². The lowest BCUT2D eigenvalue weighted by Gasteiger charge is -2.20. The molecule has 0 radical (unpaired) electrons. The molecule has 5 heteroatoms. The maximum atomic E-state index is 13.0. The third-order valence-electron chi connectivity index (χ3n) is 5.79. The van der Waals surface area contributed by atoms with E-state index in [4.69, 9.17) is 9.40 Å². The molecule has 5 rings (SSSR count). The molecule has 0 bridgehead atoms. The monoisotopic (exact) mass is 452 g/mol. The summed E-state index contributed by atoms with van der Waals surface area (Å²) < 4.78 is 5.77. The highest BCUT2D eigenvalue weighted by molar-refractivity contribution is 7.19. The lowest BCUT2D eigenvalue weighted by Crippen LogP contribution is -2.21. The van der Waals surface area contributed by atoms with Gasteiger partial charge < -0.3 is 9.32 Å². The van der Waals surface area contributed by atoms with Gasteiger partial charge in [0.15, 0.2) is 0 Å². The van der Waals surface area contributed by atoms with Gasteiger partial charge in [0.05, 0.1) is 16.1 Å². The van der Waals surface area contributed by atoms with Crippen LogP contribution in [0, 0.1) is 0 Å². The summed E-state index contributed by atoms with van der Waals surface area (Å²) in [4.78, 5) is 21.2. The summed E-state index contributed by atoms with van der Waals surface area (Å²) in [5, 5.41) is 1.55. The van der Waals surface area contributed by atoms with Gasteiger partial charge in [0, 0.05) is 35.8 Å². The molecule has 2 heterocycles. The fraction of sp³-hybridized carbons (Fsp3) is 0.143. The van der Waals surface area contributed by atoms with Gasteiger partial charge in [-0.1, -0.05) is 60.7 Å². The van der Waals surface area contributed by atoms with Crippen LogP contribution in [0.25, 0.3) is 43.2 Å². The van der Waals surface area contributed by atoms with Gasteiger partial charge in [-0.2, -0.15) is 0 Å². The van der Waals surface area contributed by atoms with Crippen molar-refractivity contribution in [3.63, 3.8) is 0 Å². The molecule has 5 aromatic rings. The van der Waals surface area contributed by atoms with E-state index in [0.29, 0.717) is 16.2 Å². The van der Waals surface area contributed by atoms with E-state index >= 15 is 0 Å². The van der Waals surface area contributed by atoms with Gasteiger partial charge >= 0.3 is 5.63 Å². The van der Waals surface area contributed by atoms with Crippen molar-refractivity contribution in [1.29, 1.82) is 0 Å². The second-order valence-corrected chi connectivity index (χ2v) is 8.77. The number of benzene rings is 3. The van der Waals surface area contributed by atoms with Gasteiger partial charge in [0.1, 0.15) is 10.6 Å². The number of hydrogen-bond acceptors (Lipinski definition) is 5. The lowest BCUT2D eigenvalue weighted by molar-refractivity contribution is 0.563. The van der Waals surface area contributed by atoms with Gasteiger partial charge in [0.2, 0.25) is 0 Å². The highest BCUT2D eigenvalue weighted by Crippen LogP contribution is 2.40. The molecule has 2 aromatic heterocycles. The molecule has 0 atom stereocenters. The number of hydrogen-bond donors (Lipinski definition) is 0. The van der Waals surface area contributed by atoms with Crippen LogP contribution in [0.4, 0.5) is 5.69 Å². The van der Waals surface area contributed by atoms with Crippen molar-refractivity contribution in [2.45, 2.75) is 13.8 Å². The summed E-state index contributed by atoms with van der Waals surface area (Å²) in [6.07, 6.45) is 0. The molecule has 4 nitrogen and oxygen atoms in total. The highest BCUT2D eigenvalue weighted by Gasteiger charge is 2.19. The van der Waals surface area contributed by atoms with E-state index in [1.54, 1.807) is 0 Å². The molecule has 0 aliphatic rings. The zero-order valence-corrected chi connectivity index (χ0v) is 19.4. The van der Waals surface area contributed by atoms with Crippen LogP contribution in [0.3, 0.4) is 0 Å². The molecule has 0 aliphatic heterocycles. The number of aromatic nitrogens is 1. The van der Waals surface area contributed by atoms with E-state index in [0.717, 1.165) is 45.9 Å². The molecule has 0 aliphatic carbocycles. The van der Waals surface area contributed by atoms with Crippen LogP contribution in [0.1, 0.15) is 13.8 Å². The summed E-state index contributed by atoms with van der Waals surface area (Å²) in [6, 6.07) is 28.2. The first kappa shape index (κ1) is 21.2. The topological polar surface area (TPSA) is 46.3 Å². The Hall–Kier alpha value is -3.70. The number of fused-ring (bicyclic) bond motifs is 1. The summed E-state index contributed by atoms with van der Waals surface area (Å²) in [5.41, 5.74) is 4.74. The van der Waals surface area contributed by atoms with E-state index in [1.165, 1.54) is 11.3 Å². The Bertz CT molecular complexity index is 1400. The number of anilines is 1. The van der Waals surface area contributed by atoms with E-state index < -0.39 is 0 Å². The second-order valence-electron chi connectivity index (χ2n) is 7.77. The van der Waals surface area contributed by atoms with Gasteiger partial charge in [-0.3, -0.25) is 0 Å². The van der Waals surface area contributed by atoms with Crippen molar-refractivity contribution in [3.05, 3.63) is 95.3 Å². The largest absolute Gasteiger partial charge is 0.422 e. The quantitative estimate of drug-likeness (QED) is 0.258. The molecule has 0 N–H and O–H groups in total. The maximum absolute atomic E-state index is 13.0. The van der Waals surface area contributed by atoms with Crippen molar-refractivity contribution in [1.82, 2.24) is 4.98 Å². The predicted octanol–water partition coefficient (Wildman–Crippen LogP) is 7.10. The number of thiazole rings is 1. The van der Waals surface area contributed by atoms with Crippen molar-refractivity contribution in [3.8, 4) is 32.3 Å². The summed E-state index contributed by atoms with van der Waals surface area (Å²) in [7, 11) is 0. The zero-order chi connectivity index (χ0) is 22.8. The Labute approximate surface area is 196 Å². The first-order chi connectivity index (χ1) is 16.2. The average molecular weight is 453 g/mol. The second kappa shape index (κ2) is 9.04. The smallest absolute Gasteiger partial charge is 0.346 e. The minimum Gasteiger partial charge on any atom is -0.422 e. The van der Waals surface area contributed by atoms with Crippen molar-refractivity contribution >= 4 is 28.0 Å². The summed E-state index contributed by atoms with van der Waals surface area (Å²) in [5.74, 6) is 0. The van der Waals surface area contributed by atoms with Crippen LogP contribution >= 0.6 is 11.3 Å². The fourth-order valence-corrected chi connectivity index (χ4v) is 5.14. The van der Waals surface area contributed by atoms with Crippen LogP contribution in [-0.2, 0) is 0 Å². The molecule has 0 unspecified atom stereocenters. The Balaban J connectivity index is 1.65. The standard InChI is InChI=1S/C28H24N2O2S/c1-3-30(4-2)22-16-15-21-17-23(28(31)32-24(21)18-22)27-29-25(19-11-7-5-8-12-19)26(33-27)20-13-9-6-10-14-20/h5-18H,3-4H2,1-2H3. The Morgan fingerprint density at radius 3 is 2.18 bits per heavy atom. The van der Waals surface area contributed by atoms with Crippen LogP contribution in [-0.4, -0.2) is 18.1 Å². The van der Waals surface area contributed by atoms with Crippen molar-refractivity contribution in [2.24, 2.45) is 0 Å². The predicted molar refractivity (Wildman–Crippen MR) is 138 cm³/mol. The van der Waals surface area contributed by atoms with Crippen molar-refractivity contribution < 1.29 is 4.42 Å². The third kappa shape index (κ3) is 4.08. The van der Waals surface area contributed by atoms with Crippen LogP contribution in [0.2, 0.25) is 0 Å². The third-order valence-corrected chi connectivity index (χ3v) is 6.93. The van der Waals surface area contributed by atoms with E-state index in [1.807, 2.05) is 66.7 Å². The Morgan fingerprint density at radius 2 is 1.52 bits per heavy atom. The summed E-state index contributed by atoms with van der Waals surface area (Å²) >= 11 is 1.52. The van der Waals surface area contributed by atoms with Crippen molar-refractivity contribution in [2.75, 3.05) is 18.0 Å². The van der Waals surface area contributed by atoms with E-state index in [2.05, 4.69) is 36.9 Å². The molecule has 0 amide bonds. The van der Waals surface area contributed by atoms with Gasteiger partial charge in [-0.25, -0.2) is 9.78 Å². The normalized spacial score (nSPS) is 11.1. The molecule has 3 aromatic carbocycles. The number of nitrogens with zero attached hydrogens (tertiary/aromatic N) is 2. The SMILES string of the molecule is CCN(CC)c1ccc2cc(-c3nc(-c4ccccc4)c(-c4ccccc4)s3)c(=O)oc2c1. The maximum Gasteiger partial charge on any atom is 0.346 e. The van der Waals surface area contributed by atoms with Crippen LogP contribution in [0.15, 0.2) is 94.1 Å². The van der Waals surface area contributed by atoms with Gasteiger partial charge in [-0.05, 0) is 37.6 Å². The van der Waals surface area contributed by atoms with Gasteiger partial charge in [0.25, 0.3) is 0 Å². The van der Waals surface area contributed by atoms with Gasteiger partial charge in [-0.15, -0.1) is 11.3 Å². The van der Waals surface area contributed by atoms with E-state index in [-0.39, 0.29) is 5.63 Å². The average Bonchev–Trinajstić information content (AvgIpc) is 3.31. The molecular formula is C28H24N2O2S. The fourth-order valence-electron chi connectivity index (χ4n) is 4.05. The molecule has 164 valence electrons. The molecule has 33 heavy (non-hydrogen) atoms. The lowest BCUT2D eigenvalue weighted by atomic mass is 10.1. The minimum atomic E-state index is -0.368. The summed E-state index contributed by atoms with van der Waals surface area (Å²) in [6.45, 7) is 6.02. The molecule has 0 saturated heterocycles. The Morgan fingerprint density at radius 1 is 0.848 bits per heavy atom. The highest BCUT2D eigenvalue weighted by atomic mass is 32.1. The molecule has 0 fully saturated rings. The zero-order valence-electron chi connectivity index (χ0n) is 18.6. The first-order valence-corrected chi connectivity index (χ1v) is 11.9. The Kier molecular flexibility index (Phi) is 5.80.